The van der Waals surface area contributed by atoms with Gasteiger partial charge in [0.1, 0.15) is 22.9 Å². The van der Waals surface area contributed by atoms with Crippen molar-refractivity contribution in [2.24, 2.45) is 0 Å². The number of phenols is 1. The maximum absolute atomic E-state index is 9.16. The van der Waals surface area contributed by atoms with E-state index < -0.39 is 0 Å². The molecule has 4 heteroatoms. The van der Waals surface area contributed by atoms with Crippen molar-refractivity contribution in [1.82, 2.24) is 0 Å². The Morgan fingerprint density at radius 1 is 1.17 bits per heavy atom. The molecule has 0 saturated heterocycles. The number of ether oxygens (including phenoxy) is 2. The van der Waals surface area contributed by atoms with Crippen LogP contribution in [-0.4, -0.2) is 19.3 Å². The Bertz CT molecular complexity index is 261. The van der Waals surface area contributed by atoms with Crippen molar-refractivity contribution in [3.05, 3.63) is 12.1 Å². The molecule has 1 rings (SSSR count). The van der Waals surface area contributed by atoms with Gasteiger partial charge in [0.15, 0.2) is 0 Å². The summed E-state index contributed by atoms with van der Waals surface area (Å²) in [5, 5.41) is 9.16. The van der Waals surface area contributed by atoms with E-state index in [-0.39, 0.29) is 5.75 Å². The van der Waals surface area contributed by atoms with Crippen LogP contribution in [0.4, 0.5) is 5.69 Å². The SMILES string of the molecule is COc1cc(O)cc(OC)c1N. The highest BCUT2D eigenvalue weighted by Crippen LogP contribution is 2.35. The average Bonchev–Trinajstić information content (AvgIpc) is 2.08. The van der Waals surface area contributed by atoms with Crippen LogP contribution >= 0.6 is 0 Å². The van der Waals surface area contributed by atoms with Crippen LogP contribution in [0, 0.1) is 0 Å². The summed E-state index contributed by atoms with van der Waals surface area (Å²) >= 11 is 0. The Morgan fingerprint density at radius 2 is 1.58 bits per heavy atom. The molecule has 0 heterocycles. The number of aromatic hydroxyl groups is 1. The van der Waals surface area contributed by atoms with Gasteiger partial charge < -0.3 is 20.3 Å². The van der Waals surface area contributed by atoms with Crippen LogP contribution in [0.15, 0.2) is 12.1 Å². The summed E-state index contributed by atoms with van der Waals surface area (Å²) in [6, 6.07) is 2.86. The third-order valence-corrected chi connectivity index (χ3v) is 1.53. The summed E-state index contributed by atoms with van der Waals surface area (Å²) < 4.78 is 9.81. The Labute approximate surface area is 70.5 Å². The van der Waals surface area contributed by atoms with Gasteiger partial charge in [0.05, 0.1) is 14.2 Å². The minimum Gasteiger partial charge on any atom is -0.508 e. The fourth-order valence-electron chi connectivity index (χ4n) is 0.925. The molecule has 0 saturated carbocycles. The lowest BCUT2D eigenvalue weighted by Gasteiger charge is -2.09. The van der Waals surface area contributed by atoms with E-state index in [4.69, 9.17) is 20.3 Å². The predicted molar refractivity (Wildman–Crippen MR) is 45.6 cm³/mol. The summed E-state index contributed by atoms with van der Waals surface area (Å²) in [6.45, 7) is 0. The highest BCUT2D eigenvalue weighted by atomic mass is 16.5. The Kier molecular flexibility index (Phi) is 2.28. The number of methoxy groups -OCH3 is 2. The Balaban J connectivity index is 3.22. The zero-order valence-electron chi connectivity index (χ0n) is 7.00. The fourth-order valence-corrected chi connectivity index (χ4v) is 0.925. The first-order chi connectivity index (χ1) is 5.69. The lowest BCUT2D eigenvalue weighted by Crippen LogP contribution is -1.96. The monoisotopic (exact) mass is 169 g/mol. The number of anilines is 1. The van der Waals surface area contributed by atoms with E-state index in [2.05, 4.69) is 0 Å². The normalized spacial score (nSPS) is 9.50. The van der Waals surface area contributed by atoms with E-state index in [0.29, 0.717) is 17.2 Å². The van der Waals surface area contributed by atoms with Gasteiger partial charge in [0.25, 0.3) is 0 Å². The molecule has 1 aromatic carbocycles. The first kappa shape index (κ1) is 8.52. The van der Waals surface area contributed by atoms with Crippen LogP contribution in [0.1, 0.15) is 0 Å². The molecule has 0 aliphatic rings. The molecule has 0 aromatic heterocycles. The Morgan fingerprint density at radius 3 is 1.92 bits per heavy atom. The van der Waals surface area contributed by atoms with Crippen molar-refractivity contribution in [2.75, 3.05) is 20.0 Å². The topological polar surface area (TPSA) is 64.7 Å². The standard InChI is InChI=1S/C8H11NO3/c1-11-6-3-5(10)4-7(12-2)8(6)9/h3-4,10H,9H2,1-2H3. The molecule has 0 fully saturated rings. The van der Waals surface area contributed by atoms with Crippen LogP contribution in [0.2, 0.25) is 0 Å². The molecule has 0 spiro atoms. The average molecular weight is 169 g/mol. The van der Waals surface area contributed by atoms with Gasteiger partial charge in [-0.2, -0.15) is 0 Å². The van der Waals surface area contributed by atoms with Crippen LogP contribution in [0.25, 0.3) is 0 Å². The molecular formula is C8H11NO3. The number of nitrogens with two attached hydrogens (primary N) is 1. The second-order valence-corrected chi connectivity index (χ2v) is 2.26. The van der Waals surface area contributed by atoms with E-state index in [0.717, 1.165) is 0 Å². The first-order valence-electron chi connectivity index (χ1n) is 3.39. The number of benzene rings is 1. The van der Waals surface area contributed by atoms with Crippen LogP contribution in [-0.2, 0) is 0 Å². The molecular weight excluding hydrogens is 158 g/mol. The summed E-state index contributed by atoms with van der Waals surface area (Å²) in [4.78, 5) is 0. The molecule has 0 aliphatic heterocycles. The van der Waals surface area contributed by atoms with Crippen LogP contribution in [0.5, 0.6) is 17.2 Å². The molecule has 0 bridgehead atoms. The predicted octanol–water partition coefficient (Wildman–Crippen LogP) is 0.992. The van der Waals surface area contributed by atoms with Gasteiger partial charge in [0.2, 0.25) is 0 Å². The maximum atomic E-state index is 9.16. The van der Waals surface area contributed by atoms with Crippen LogP contribution in [0.3, 0.4) is 0 Å². The number of hydrogen-bond acceptors (Lipinski definition) is 4. The summed E-state index contributed by atoms with van der Waals surface area (Å²) in [6.07, 6.45) is 0. The molecule has 1 aromatic rings. The summed E-state index contributed by atoms with van der Waals surface area (Å²) in [5.41, 5.74) is 6.00. The smallest absolute Gasteiger partial charge is 0.149 e. The molecule has 12 heavy (non-hydrogen) atoms. The quantitative estimate of drug-likeness (QED) is 0.512. The highest BCUT2D eigenvalue weighted by Gasteiger charge is 2.07. The van der Waals surface area contributed by atoms with Gasteiger partial charge in [-0.3, -0.25) is 0 Å². The van der Waals surface area contributed by atoms with Crippen molar-refractivity contribution < 1.29 is 14.6 Å². The van der Waals surface area contributed by atoms with Gasteiger partial charge in [-0.15, -0.1) is 0 Å². The summed E-state index contributed by atoms with van der Waals surface area (Å²) in [7, 11) is 2.95. The van der Waals surface area contributed by atoms with Gasteiger partial charge in [0, 0.05) is 12.1 Å². The van der Waals surface area contributed by atoms with Crippen molar-refractivity contribution >= 4 is 5.69 Å². The van der Waals surface area contributed by atoms with Crippen LogP contribution < -0.4 is 15.2 Å². The number of hydrogen-bond donors (Lipinski definition) is 2. The first-order valence-corrected chi connectivity index (χ1v) is 3.39. The molecule has 0 aliphatic carbocycles. The highest BCUT2D eigenvalue weighted by molar-refractivity contribution is 5.65. The van der Waals surface area contributed by atoms with E-state index in [9.17, 15) is 0 Å². The van der Waals surface area contributed by atoms with Crippen molar-refractivity contribution in [3.63, 3.8) is 0 Å². The lowest BCUT2D eigenvalue weighted by molar-refractivity contribution is 0.389. The van der Waals surface area contributed by atoms with E-state index >= 15 is 0 Å². The molecule has 0 radical (unpaired) electrons. The van der Waals surface area contributed by atoms with E-state index in [1.54, 1.807) is 0 Å². The van der Waals surface area contributed by atoms with Crippen molar-refractivity contribution in [3.8, 4) is 17.2 Å². The zero-order chi connectivity index (χ0) is 9.14. The molecule has 66 valence electrons. The molecule has 0 amide bonds. The molecule has 3 N–H and O–H groups in total. The molecule has 0 atom stereocenters. The van der Waals surface area contributed by atoms with Gasteiger partial charge in [-0.1, -0.05) is 0 Å². The largest absolute Gasteiger partial charge is 0.508 e. The van der Waals surface area contributed by atoms with Crippen molar-refractivity contribution in [1.29, 1.82) is 0 Å². The third-order valence-electron chi connectivity index (χ3n) is 1.53. The minimum atomic E-state index is 0.0675. The fraction of sp³-hybridized carbons (Fsp3) is 0.250. The zero-order valence-corrected chi connectivity index (χ0v) is 7.00. The molecule has 4 nitrogen and oxygen atoms in total. The van der Waals surface area contributed by atoms with E-state index in [1.807, 2.05) is 0 Å². The Hall–Kier alpha value is -1.58. The second-order valence-electron chi connectivity index (χ2n) is 2.26. The number of phenolic OH excluding ortho intramolecular Hbond substituents is 1. The molecule has 0 unspecified atom stereocenters. The third kappa shape index (κ3) is 1.37. The number of rotatable bonds is 2. The van der Waals surface area contributed by atoms with Gasteiger partial charge in [-0.05, 0) is 0 Å². The minimum absolute atomic E-state index is 0.0675. The lowest BCUT2D eigenvalue weighted by atomic mass is 10.2. The van der Waals surface area contributed by atoms with Gasteiger partial charge in [-0.25, -0.2) is 0 Å². The number of nitrogen functional groups attached to an aromatic ring is 1. The van der Waals surface area contributed by atoms with Crippen molar-refractivity contribution in [2.45, 2.75) is 0 Å². The second kappa shape index (κ2) is 3.21. The summed E-state index contributed by atoms with van der Waals surface area (Å²) in [5.74, 6) is 0.886. The maximum Gasteiger partial charge on any atom is 0.149 e. The van der Waals surface area contributed by atoms with Gasteiger partial charge >= 0.3 is 0 Å². The van der Waals surface area contributed by atoms with E-state index in [1.165, 1.54) is 26.4 Å².